The van der Waals surface area contributed by atoms with E-state index in [-0.39, 0.29) is 29.5 Å². The van der Waals surface area contributed by atoms with Crippen molar-refractivity contribution in [2.24, 2.45) is 11.0 Å². The number of carbonyl (C=O) groups excluding carboxylic acids is 1. The molecule has 0 bridgehead atoms. The lowest BCUT2D eigenvalue weighted by Gasteiger charge is -2.29. The van der Waals surface area contributed by atoms with Crippen LogP contribution in [0.5, 0.6) is 0 Å². The average Bonchev–Trinajstić information content (AvgIpc) is 3.42. The number of hydrogen-bond acceptors (Lipinski definition) is 5. The van der Waals surface area contributed by atoms with E-state index >= 15 is 0 Å². The number of thiazole rings is 1. The topological polar surface area (TPSA) is 57.6 Å². The molecule has 2 aliphatic rings. The number of halogens is 2. The average molecular weight is 479 g/mol. The van der Waals surface area contributed by atoms with Crippen molar-refractivity contribution in [1.82, 2.24) is 10.3 Å². The van der Waals surface area contributed by atoms with Gasteiger partial charge in [-0.15, -0.1) is 0 Å². The molecular formula is C26H24F2N4OS. The molecule has 0 radical (unpaired) electrons. The van der Waals surface area contributed by atoms with Crippen LogP contribution in [0.25, 0.3) is 6.08 Å². The van der Waals surface area contributed by atoms with Crippen LogP contribution < -0.4 is 10.3 Å². The fourth-order valence-electron chi connectivity index (χ4n) is 4.72. The summed E-state index contributed by atoms with van der Waals surface area (Å²) in [7, 11) is 1.60. The highest BCUT2D eigenvalue weighted by Gasteiger charge is 2.43. The van der Waals surface area contributed by atoms with E-state index in [1.807, 2.05) is 11.9 Å². The van der Waals surface area contributed by atoms with Crippen LogP contribution >= 0.6 is 11.3 Å². The molecule has 1 amide bonds. The first-order valence-electron chi connectivity index (χ1n) is 11.2. The minimum absolute atomic E-state index is 0.0959. The van der Waals surface area contributed by atoms with Crippen molar-refractivity contribution in [2.45, 2.75) is 32.2 Å². The zero-order valence-corrected chi connectivity index (χ0v) is 19.7. The van der Waals surface area contributed by atoms with E-state index in [1.165, 1.54) is 35.6 Å². The van der Waals surface area contributed by atoms with Crippen LogP contribution in [0.1, 0.15) is 51.8 Å². The number of amides is 1. The molecule has 2 heterocycles. The summed E-state index contributed by atoms with van der Waals surface area (Å²) in [6.07, 6.45) is 4.86. The first-order valence-corrected chi connectivity index (χ1v) is 12.1. The maximum absolute atomic E-state index is 13.7. The quantitative estimate of drug-likeness (QED) is 0.509. The Morgan fingerprint density at radius 2 is 1.79 bits per heavy atom. The summed E-state index contributed by atoms with van der Waals surface area (Å²) in [5.41, 5.74) is 4.59. The molecule has 0 saturated heterocycles. The van der Waals surface area contributed by atoms with Gasteiger partial charge in [0.1, 0.15) is 16.5 Å². The van der Waals surface area contributed by atoms with Crippen LogP contribution in [0.3, 0.4) is 0 Å². The van der Waals surface area contributed by atoms with E-state index in [1.54, 1.807) is 31.3 Å². The smallest absolute Gasteiger partial charge is 0.263 e. The Balaban J connectivity index is 1.60. The van der Waals surface area contributed by atoms with Crippen LogP contribution in [-0.2, 0) is 0 Å². The zero-order valence-electron chi connectivity index (χ0n) is 18.9. The first kappa shape index (κ1) is 22.4. The van der Waals surface area contributed by atoms with Crippen molar-refractivity contribution in [3.8, 4) is 0 Å². The van der Waals surface area contributed by atoms with E-state index in [2.05, 4.69) is 16.4 Å². The fourth-order valence-corrected chi connectivity index (χ4v) is 5.72. The van der Waals surface area contributed by atoms with E-state index in [9.17, 15) is 13.6 Å². The van der Waals surface area contributed by atoms with Gasteiger partial charge in [0.2, 0.25) is 5.13 Å². The van der Waals surface area contributed by atoms with Gasteiger partial charge in [0.25, 0.3) is 5.91 Å². The highest BCUT2D eigenvalue weighted by atomic mass is 32.1. The minimum atomic E-state index is -0.290. The molecule has 1 aliphatic heterocycles. The van der Waals surface area contributed by atoms with Crippen LogP contribution in [0.4, 0.5) is 13.9 Å². The Morgan fingerprint density at radius 3 is 2.47 bits per heavy atom. The summed E-state index contributed by atoms with van der Waals surface area (Å²) in [6.45, 7) is 1.81. The van der Waals surface area contributed by atoms with Crippen LogP contribution in [0, 0.1) is 24.5 Å². The number of fused-ring (bicyclic) bond motifs is 1. The van der Waals surface area contributed by atoms with Crippen molar-refractivity contribution in [1.29, 1.82) is 0 Å². The SMILES string of the molecule is CNC(=O)c1sc(N2N=C3/C(=C\c4ccc(F)cc4)CCC[C@@H]3[C@@H]2c2ccc(F)cc2)nc1C. The molecular weight excluding hydrogens is 454 g/mol. The summed E-state index contributed by atoms with van der Waals surface area (Å²) in [5.74, 6) is -0.642. The van der Waals surface area contributed by atoms with Crippen LogP contribution in [0.2, 0.25) is 0 Å². The largest absolute Gasteiger partial charge is 0.354 e. The minimum Gasteiger partial charge on any atom is -0.354 e. The Bertz CT molecular complexity index is 1280. The number of nitrogens with one attached hydrogen (secondary N) is 1. The number of carbonyl (C=O) groups is 1. The maximum Gasteiger partial charge on any atom is 0.263 e. The van der Waals surface area contributed by atoms with E-state index in [0.29, 0.717) is 15.7 Å². The van der Waals surface area contributed by atoms with E-state index in [4.69, 9.17) is 5.10 Å². The van der Waals surface area contributed by atoms with Crippen molar-refractivity contribution >= 4 is 34.2 Å². The number of nitrogens with zero attached hydrogens (tertiary/aromatic N) is 3. The molecule has 1 fully saturated rings. The normalized spacial score (nSPS) is 20.9. The molecule has 34 heavy (non-hydrogen) atoms. The second-order valence-electron chi connectivity index (χ2n) is 8.54. The van der Waals surface area contributed by atoms with E-state index in [0.717, 1.165) is 41.7 Å². The van der Waals surface area contributed by atoms with Gasteiger partial charge in [-0.1, -0.05) is 35.6 Å². The summed E-state index contributed by atoms with van der Waals surface area (Å²) >= 11 is 1.30. The lowest BCUT2D eigenvalue weighted by Crippen LogP contribution is -2.28. The lowest BCUT2D eigenvalue weighted by atomic mass is 9.77. The molecule has 1 saturated carbocycles. The first-order chi connectivity index (χ1) is 16.4. The number of benzene rings is 2. The Hall–Kier alpha value is -3.39. The third-order valence-corrected chi connectivity index (χ3v) is 7.48. The number of hydrogen-bond donors (Lipinski definition) is 1. The molecule has 1 aromatic heterocycles. The van der Waals surface area contributed by atoms with Gasteiger partial charge in [0.05, 0.1) is 17.4 Å². The number of anilines is 1. The van der Waals surface area contributed by atoms with Gasteiger partial charge in [-0.25, -0.2) is 18.8 Å². The Kier molecular flexibility index (Phi) is 6.00. The van der Waals surface area contributed by atoms with Crippen molar-refractivity contribution in [3.63, 3.8) is 0 Å². The second kappa shape index (κ2) is 9.10. The van der Waals surface area contributed by atoms with Gasteiger partial charge in [0.15, 0.2) is 0 Å². The number of aryl methyl sites for hydroxylation is 1. The molecule has 174 valence electrons. The van der Waals surface area contributed by atoms with Gasteiger partial charge < -0.3 is 5.32 Å². The van der Waals surface area contributed by atoms with Crippen molar-refractivity contribution in [3.05, 3.63) is 87.4 Å². The molecule has 1 aliphatic carbocycles. The maximum atomic E-state index is 13.7. The third kappa shape index (κ3) is 4.14. The molecule has 5 rings (SSSR count). The van der Waals surface area contributed by atoms with Crippen LogP contribution in [-0.4, -0.2) is 23.7 Å². The molecule has 2 aromatic carbocycles. The summed E-state index contributed by atoms with van der Waals surface area (Å²) in [6, 6.07) is 12.8. The zero-order chi connectivity index (χ0) is 23.8. The predicted octanol–water partition coefficient (Wildman–Crippen LogP) is 5.89. The molecule has 3 aromatic rings. The highest BCUT2D eigenvalue weighted by Crippen LogP contribution is 2.47. The predicted molar refractivity (Wildman–Crippen MR) is 131 cm³/mol. The molecule has 1 N–H and O–H groups in total. The number of allylic oxidation sites excluding steroid dienone is 1. The van der Waals surface area contributed by atoms with Gasteiger partial charge in [-0.2, -0.15) is 5.10 Å². The number of rotatable bonds is 4. The number of hydrazone groups is 1. The fraction of sp³-hybridized carbons (Fsp3) is 0.269. The molecule has 2 atom stereocenters. The third-order valence-electron chi connectivity index (χ3n) is 6.34. The Labute approximate surface area is 200 Å². The monoisotopic (exact) mass is 478 g/mol. The molecule has 5 nitrogen and oxygen atoms in total. The molecule has 0 unspecified atom stereocenters. The second-order valence-corrected chi connectivity index (χ2v) is 9.51. The Morgan fingerprint density at radius 1 is 1.12 bits per heavy atom. The standard InChI is InChI=1S/C26H24F2N4OS/c1-15-24(25(33)29-2)34-26(30-15)32-23(17-8-12-20(28)13-9-17)21-5-3-4-18(22(21)31-32)14-16-6-10-19(27)11-7-16/h6-14,21,23H,3-5H2,1-2H3,(H,29,33)/b18-14-/t21-,23-/m0/s1. The summed E-state index contributed by atoms with van der Waals surface area (Å²) in [4.78, 5) is 17.5. The van der Waals surface area contributed by atoms with Gasteiger partial charge in [-0.3, -0.25) is 4.79 Å². The van der Waals surface area contributed by atoms with Crippen LogP contribution in [0.15, 0.2) is 59.2 Å². The summed E-state index contributed by atoms with van der Waals surface area (Å²) < 4.78 is 27.1. The van der Waals surface area contributed by atoms with E-state index < -0.39 is 0 Å². The van der Waals surface area contributed by atoms with Gasteiger partial charge in [-0.05, 0) is 73.2 Å². The van der Waals surface area contributed by atoms with Gasteiger partial charge in [0, 0.05) is 13.0 Å². The molecule has 0 spiro atoms. The lowest BCUT2D eigenvalue weighted by molar-refractivity contribution is 0.0966. The van der Waals surface area contributed by atoms with Gasteiger partial charge >= 0.3 is 0 Å². The highest BCUT2D eigenvalue weighted by molar-refractivity contribution is 7.17. The summed E-state index contributed by atoms with van der Waals surface area (Å²) in [5, 5.41) is 10.2. The molecule has 8 heteroatoms. The van der Waals surface area contributed by atoms with Crippen molar-refractivity contribution < 1.29 is 13.6 Å². The number of aromatic nitrogens is 1. The van der Waals surface area contributed by atoms with Crippen molar-refractivity contribution in [2.75, 3.05) is 12.1 Å².